The van der Waals surface area contributed by atoms with Crippen molar-refractivity contribution in [1.29, 1.82) is 0 Å². The van der Waals surface area contributed by atoms with Crippen molar-refractivity contribution in [3.63, 3.8) is 0 Å². The van der Waals surface area contributed by atoms with Crippen LogP contribution in [0.1, 0.15) is 0 Å². The van der Waals surface area contributed by atoms with E-state index < -0.39 is 0 Å². The topological polar surface area (TPSA) is 56.4 Å². The van der Waals surface area contributed by atoms with Gasteiger partial charge in [-0.15, -0.1) is 24.8 Å². The van der Waals surface area contributed by atoms with Crippen molar-refractivity contribution in [2.45, 2.75) is 0 Å². The molecule has 114 valence electrons. The number of anilines is 1. The minimum Gasteiger partial charge on any atom is -0.337 e. The Hall–Kier alpha value is -1.01. The third kappa shape index (κ3) is 6.96. The van der Waals surface area contributed by atoms with E-state index in [1.165, 1.54) is 0 Å². The molecule has 1 aliphatic rings. The normalized spacial score (nSPS) is 14.6. The molecule has 1 fully saturated rings. The second-order valence-electron chi connectivity index (χ2n) is 4.34. The molecule has 7 heteroatoms. The van der Waals surface area contributed by atoms with Gasteiger partial charge < -0.3 is 16.0 Å². The number of carbonyl (C=O) groups is 1. The van der Waals surface area contributed by atoms with Crippen LogP contribution in [0.2, 0.25) is 0 Å². The fourth-order valence-electron chi connectivity index (χ4n) is 1.96. The number of urea groups is 1. The number of hydrogen-bond acceptors (Lipinski definition) is 3. The maximum atomic E-state index is 11.6. The molecule has 2 rings (SSSR count). The van der Waals surface area contributed by atoms with E-state index in [9.17, 15) is 4.79 Å². The van der Waals surface area contributed by atoms with E-state index >= 15 is 0 Å². The zero-order valence-corrected chi connectivity index (χ0v) is 12.9. The van der Waals surface area contributed by atoms with Crippen molar-refractivity contribution < 1.29 is 4.79 Å². The summed E-state index contributed by atoms with van der Waals surface area (Å²) in [6, 6.07) is 9.32. The first kappa shape index (κ1) is 19.0. The number of rotatable bonds is 4. The SMILES string of the molecule is Cl.Cl.O=C(NCCN1CCNCC1)Nc1ccccc1. The molecule has 1 aromatic carbocycles. The molecule has 5 nitrogen and oxygen atoms in total. The van der Waals surface area contributed by atoms with Gasteiger partial charge in [-0.05, 0) is 12.1 Å². The van der Waals surface area contributed by atoms with Crippen LogP contribution in [0.3, 0.4) is 0 Å². The zero-order valence-electron chi connectivity index (χ0n) is 11.3. The first-order valence-electron chi connectivity index (χ1n) is 6.37. The summed E-state index contributed by atoms with van der Waals surface area (Å²) in [5.74, 6) is 0. The minimum absolute atomic E-state index is 0. The summed E-state index contributed by atoms with van der Waals surface area (Å²) < 4.78 is 0. The molecule has 0 atom stereocenters. The Kier molecular flexibility index (Phi) is 10.2. The highest BCUT2D eigenvalue weighted by Gasteiger charge is 2.09. The molecule has 3 N–H and O–H groups in total. The van der Waals surface area contributed by atoms with Crippen molar-refractivity contribution in [3.05, 3.63) is 30.3 Å². The van der Waals surface area contributed by atoms with Crippen LogP contribution in [0, 0.1) is 0 Å². The largest absolute Gasteiger partial charge is 0.337 e. The van der Waals surface area contributed by atoms with E-state index in [2.05, 4.69) is 20.9 Å². The quantitative estimate of drug-likeness (QED) is 0.789. The highest BCUT2D eigenvalue weighted by Crippen LogP contribution is 2.03. The maximum absolute atomic E-state index is 11.6. The molecule has 0 bridgehead atoms. The molecule has 0 spiro atoms. The van der Waals surface area contributed by atoms with Crippen molar-refractivity contribution >= 4 is 36.5 Å². The number of halogens is 2. The number of amides is 2. The molecule has 0 unspecified atom stereocenters. The predicted molar refractivity (Wildman–Crippen MR) is 87.3 cm³/mol. The van der Waals surface area contributed by atoms with Crippen LogP contribution >= 0.6 is 24.8 Å². The van der Waals surface area contributed by atoms with Gasteiger partial charge in [-0.3, -0.25) is 4.90 Å². The smallest absolute Gasteiger partial charge is 0.319 e. The molecule has 1 saturated heterocycles. The molecule has 0 radical (unpaired) electrons. The summed E-state index contributed by atoms with van der Waals surface area (Å²) in [5.41, 5.74) is 0.817. The molecule has 2 amide bonds. The molecule has 0 aromatic heterocycles. The molecule has 1 heterocycles. The highest BCUT2D eigenvalue weighted by molar-refractivity contribution is 5.89. The number of nitrogens with zero attached hydrogens (tertiary/aromatic N) is 1. The fourth-order valence-corrected chi connectivity index (χ4v) is 1.96. The maximum Gasteiger partial charge on any atom is 0.319 e. The molecular weight excluding hydrogens is 299 g/mol. The van der Waals surface area contributed by atoms with Gasteiger partial charge in [0.1, 0.15) is 0 Å². The first-order chi connectivity index (χ1) is 8.84. The Bertz CT molecular complexity index is 372. The van der Waals surface area contributed by atoms with Crippen molar-refractivity contribution in [3.8, 4) is 0 Å². The van der Waals surface area contributed by atoms with Crippen LogP contribution in [-0.4, -0.2) is 50.2 Å². The third-order valence-corrected chi connectivity index (χ3v) is 2.95. The highest BCUT2D eigenvalue weighted by atomic mass is 35.5. The van der Waals surface area contributed by atoms with Crippen LogP contribution in [0.25, 0.3) is 0 Å². The summed E-state index contributed by atoms with van der Waals surface area (Å²) >= 11 is 0. The lowest BCUT2D eigenvalue weighted by Gasteiger charge is -2.27. The van der Waals surface area contributed by atoms with Crippen molar-refractivity contribution in [2.24, 2.45) is 0 Å². The van der Waals surface area contributed by atoms with Crippen molar-refractivity contribution in [1.82, 2.24) is 15.5 Å². The Morgan fingerprint density at radius 3 is 2.45 bits per heavy atom. The Morgan fingerprint density at radius 2 is 1.80 bits per heavy atom. The molecule has 0 saturated carbocycles. The molecule has 1 aliphatic heterocycles. The average Bonchev–Trinajstić information content (AvgIpc) is 2.41. The molecule has 20 heavy (non-hydrogen) atoms. The second-order valence-corrected chi connectivity index (χ2v) is 4.34. The van der Waals surface area contributed by atoms with Crippen LogP contribution < -0.4 is 16.0 Å². The monoisotopic (exact) mass is 320 g/mol. The molecular formula is C13H22Cl2N4O. The van der Waals surface area contributed by atoms with Gasteiger partial charge in [0, 0.05) is 45.0 Å². The van der Waals surface area contributed by atoms with E-state index in [1.807, 2.05) is 30.3 Å². The average molecular weight is 321 g/mol. The van der Waals surface area contributed by atoms with Gasteiger partial charge in [0.05, 0.1) is 0 Å². The predicted octanol–water partition coefficient (Wildman–Crippen LogP) is 1.56. The van der Waals surface area contributed by atoms with Gasteiger partial charge in [-0.25, -0.2) is 4.79 Å². The van der Waals surface area contributed by atoms with Crippen LogP contribution in [0.5, 0.6) is 0 Å². The molecule has 1 aromatic rings. The number of carbonyl (C=O) groups excluding carboxylic acids is 1. The summed E-state index contributed by atoms with van der Waals surface area (Å²) in [4.78, 5) is 13.9. The van der Waals surface area contributed by atoms with Gasteiger partial charge in [0.2, 0.25) is 0 Å². The summed E-state index contributed by atoms with van der Waals surface area (Å²) in [6.07, 6.45) is 0. The summed E-state index contributed by atoms with van der Waals surface area (Å²) in [6.45, 7) is 5.78. The lowest BCUT2D eigenvalue weighted by molar-refractivity contribution is 0.233. The number of para-hydroxylation sites is 1. The molecule has 0 aliphatic carbocycles. The van der Waals surface area contributed by atoms with E-state index in [0.717, 1.165) is 38.4 Å². The van der Waals surface area contributed by atoms with Gasteiger partial charge in [0.15, 0.2) is 0 Å². The van der Waals surface area contributed by atoms with Crippen molar-refractivity contribution in [2.75, 3.05) is 44.6 Å². The number of piperazine rings is 1. The summed E-state index contributed by atoms with van der Waals surface area (Å²) in [5, 5.41) is 8.97. The van der Waals surface area contributed by atoms with Crippen LogP contribution in [0.4, 0.5) is 10.5 Å². The Labute approximate surface area is 132 Å². The van der Waals surface area contributed by atoms with Crippen LogP contribution in [0.15, 0.2) is 30.3 Å². The number of benzene rings is 1. The minimum atomic E-state index is -0.142. The number of hydrogen-bond donors (Lipinski definition) is 3. The fraction of sp³-hybridized carbons (Fsp3) is 0.462. The standard InChI is InChI=1S/C13H20N4O.2ClH/c18-13(16-12-4-2-1-3-5-12)15-8-11-17-9-6-14-7-10-17;;/h1-5,14H,6-11H2,(H2,15,16,18);2*1H. The van der Waals surface area contributed by atoms with E-state index in [4.69, 9.17) is 0 Å². The Balaban J connectivity index is 0.00000180. The lowest BCUT2D eigenvalue weighted by atomic mass is 10.3. The lowest BCUT2D eigenvalue weighted by Crippen LogP contribution is -2.46. The first-order valence-corrected chi connectivity index (χ1v) is 6.37. The van der Waals surface area contributed by atoms with E-state index in [-0.39, 0.29) is 30.8 Å². The van der Waals surface area contributed by atoms with Gasteiger partial charge in [0.25, 0.3) is 0 Å². The van der Waals surface area contributed by atoms with Gasteiger partial charge in [-0.2, -0.15) is 0 Å². The van der Waals surface area contributed by atoms with E-state index in [0.29, 0.717) is 6.54 Å². The van der Waals surface area contributed by atoms with Gasteiger partial charge in [-0.1, -0.05) is 18.2 Å². The van der Waals surface area contributed by atoms with Crippen LogP contribution in [-0.2, 0) is 0 Å². The third-order valence-electron chi connectivity index (χ3n) is 2.95. The van der Waals surface area contributed by atoms with E-state index in [1.54, 1.807) is 0 Å². The van der Waals surface area contributed by atoms with Gasteiger partial charge >= 0.3 is 6.03 Å². The summed E-state index contributed by atoms with van der Waals surface area (Å²) in [7, 11) is 0. The second kappa shape index (κ2) is 10.7. The zero-order chi connectivity index (χ0) is 12.6. The number of nitrogens with one attached hydrogen (secondary N) is 3. The Morgan fingerprint density at radius 1 is 1.15 bits per heavy atom.